The Morgan fingerprint density at radius 3 is 2.64 bits per heavy atom. The highest BCUT2D eigenvalue weighted by molar-refractivity contribution is 6.06. The molecular weight excluding hydrogens is 420 g/mol. The number of nitrogen functional groups attached to an aromatic ring is 1. The highest BCUT2D eigenvalue weighted by atomic mass is 16.3. The van der Waals surface area contributed by atoms with E-state index in [1.54, 1.807) is 41.1 Å². The number of nitrogens with zero attached hydrogens (tertiary/aromatic N) is 6. The Kier molecular flexibility index (Phi) is 5.86. The molecule has 0 spiro atoms. The lowest BCUT2D eigenvalue weighted by molar-refractivity contribution is -0.114. The first-order chi connectivity index (χ1) is 16.0. The summed E-state index contributed by atoms with van der Waals surface area (Å²) in [7, 11) is 0. The molecule has 2 heterocycles. The molecule has 0 aliphatic heterocycles. The fourth-order valence-electron chi connectivity index (χ4n) is 3.33. The van der Waals surface area contributed by atoms with Gasteiger partial charge in [-0.05, 0) is 24.3 Å². The van der Waals surface area contributed by atoms with Crippen molar-refractivity contribution in [2.75, 3.05) is 22.5 Å². The van der Waals surface area contributed by atoms with Crippen LogP contribution in [-0.2, 0) is 11.3 Å². The minimum atomic E-state index is -0.491. The number of hydrogen-bond donors (Lipinski definition) is 3. The third kappa shape index (κ3) is 4.28. The van der Waals surface area contributed by atoms with Gasteiger partial charge in [-0.2, -0.15) is 5.10 Å². The van der Waals surface area contributed by atoms with Crippen LogP contribution in [0, 0.1) is 6.57 Å². The SMILES string of the molecule is [C-]#[N+]C(=C)C(=O)N(CCn1nc(Nc2ccccc2O)c2c(N)ncnc21)c1ccccc1. The smallest absolute Gasteiger partial charge is 0.256 e. The molecule has 1 amide bonds. The summed E-state index contributed by atoms with van der Waals surface area (Å²) in [5.41, 5.74) is 7.46. The Bertz CT molecular complexity index is 1370. The van der Waals surface area contributed by atoms with Crippen LogP contribution in [0.25, 0.3) is 15.9 Å². The summed E-state index contributed by atoms with van der Waals surface area (Å²) in [6, 6.07) is 15.7. The van der Waals surface area contributed by atoms with Gasteiger partial charge in [-0.25, -0.2) is 19.5 Å². The van der Waals surface area contributed by atoms with E-state index in [0.717, 1.165) is 0 Å². The number of para-hydroxylation sites is 3. The number of aromatic hydroxyl groups is 1. The van der Waals surface area contributed by atoms with Crippen LogP contribution in [-0.4, -0.2) is 37.3 Å². The molecule has 0 atom stereocenters. The van der Waals surface area contributed by atoms with Gasteiger partial charge in [-0.15, -0.1) is 0 Å². The molecule has 0 saturated heterocycles. The lowest BCUT2D eigenvalue weighted by atomic mass is 10.2. The summed E-state index contributed by atoms with van der Waals surface area (Å²) < 4.78 is 1.60. The van der Waals surface area contributed by atoms with Gasteiger partial charge in [-0.3, -0.25) is 4.79 Å². The van der Waals surface area contributed by atoms with Crippen molar-refractivity contribution in [3.05, 3.63) is 84.6 Å². The maximum Gasteiger partial charge on any atom is 0.256 e. The molecule has 0 aliphatic carbocycles. The van der Waals surface area contributed by atoms with Crippen molar-refractivity contribution in [1.29, 1.82) is 0 Å². The van der Waals surface area contributed by atoms with Gasteiger partial charge in [0.25, 0.3) is 5.91 Å². The van der Waals surface area contributed by atoms with E-state index in [2.05, 4.69) is 31.8 Å². The van der Waals surface area contributed by atoms with E-state index >= 15 is 0 Å². The second kappa shape index (κ2) is 9.07. The molecule has 10 heteroatoms. The van der Waals surface area contributed by atoms with Gasteiger partial charge in [0.2, 0.25) is 5.70 Å². The van der Waals surface area contributed by atoms with Crippen LogP contribution in [0.15, 0.2) is 73.2 Å². The standard InChI is InChI=1S/C23H20N8O2/c1-15(25-2)23(33)30(16-8-4-3-5-9-16)12-13-31-22-19(20(24)26-14-27-22)21(29-31)28-17-10-6-7-11-18(17)32/h3-11,14,32H,1,12-13H2,(H,28,29)(H2,24,26,27). The fourth-order valence-corrected chi connectivity index (χ4v) is 3.33. The summed E-state index contributed by atoms with van der Waals surface area (Å²) in [5.74, 6) is 0.151. The summed E-state index contributed by atoms with van der Waals surface area (Å²) >= 11 is 0. The van der Waals surface area contributed by atoms with Gasteiger partial charge in [0.1, 0.15) is 23.3 Å². The molecule has 4 N–H and O–H groups in total. The van der Waals surface area contributed by atoms with Crippen LogP contribution in [0.5, 0.6) is 5.75 Å². The van der Waals surface area contributed by atoms with E-state index in [-0.39, 0.29) is 30.4 Å². The van der Waals surface area contributed by atoms with Crippen LogP contribution >= 0.6 is 0 Å². The average molecular weight is 440 g/mol. The lowest BCUT2D eigenvalue weighted by Crippen LogP contribution is -2.34. The van der Waals surface area contributed by atoms with Crippen molar-refractivity contribution in [3.8, 4) is 5.75 Å². The summed E-state index contributed by atoms with van der Waals surface area (Å²) in [6.45, 7) is 11.2. The van der Waals surface area contributed by atoms with Crippen molar-refractivity contribution in [2.45, 2.75) is 6.54 Å². The number of nitrogens with one attached hydrogen (secondary N) is 1. The molecule has 33 heavy (non-hydrogen) atoms. The quantitative estimate of drug-likeness (QED) is 0.229. The van der Waals surface area contributed by atoms with Crippen molar-refractivity contribution in [1.82, 2.24) is 19.7 Å². The maximum atomic E-state index is 12.8. The van der Waals surface area contributed by atoms with Gasteiger partial charge in [-0.1, -0.05) is 36.9 Å². The molecule has 0 fully saturated rings. The number of benzene rings is 2. The minimum Gasteiger partial charge on any atom is -0.506 e. The van der Waals surface area contributed by atoms with E-state index in [9.17, 15) is 9.90 Å². The van der Waals surface area contributed by atoms with Gasteiger partial charge in [0, 0.05) is 12.2 Å². The number of nitrogens with two attached hydrogens (primary N) is 1. The number of phenolic OH excluding ortho intramolecular Hbond substituents is 1. The molecule has 0 bridgehead atoms. The molecule has 2 aromatic carbocycles. The van der Waals surface area contributed by atoms with E-state index in [4.69, 9.17) is 12.3 Å². The number of fused-ring (bicyclic) bond motifs is 1. The normalized spacial score (nSPS) is 10.5. The first kappa shape index (κ1) is 21.3. The second-order valence-electron chi connectivity index (χ2n) is 7.02. The number of rotatable bonds is 7. The highest BCUT2D eigenvalue weighted by Gasteiger charge is 2.21. The molecule has 0 radical (unpaired) electrons. The Balaban J connectivity index is 1.69. The molecule has 164 valence electrons. The Morgan fingerprint density at radius 2 is 1.91 bits per heavy atom. The highest BCUT2D eigenvalue weighted by Crippen LogP contribution is 2.31. The Hall–Kier alpha value is -4.91. The summed E-state index contributed by atoms with van der Waals surface area (Å²) in [4.78, 5) is 25.8. The predicted octanol–water partition coefficient (Wildman–Crippen LogP) is 3.32. The maximum absolute atomic E-state index is 12.8. The predicted molar refractivity (Wildman–Crippen MR) is 126 cm³/mol. The van der Waals surface area contributed by atoms with Crippen LogP contribution in [0.1, 0.15) is 0 Å². The zero-order valence-electron chi connectivity index (χ0n) is 17.5. The topological polar surface area (TPSA) is 127 Å². The Morgan fingerprint density at radius 1 is 1.18 bits per heavy atom. The molecular formula is C23H20N8O2. The number of hydrogen-bond acceptors (Lipinski definition) is 7. The Labute approximate surface area is 189 Å². The minimum absolute atomic E-state index is 0.0501. The molecule has 4 aromatic rings. The van der Waals surface area contributed by atoms with Gasteiger partial charge < -0.3 is 21.1 Å². The number of anilines is 4. The van der Waals surface area contributed by atoms with Crippen LogP contribution in [0.3, 0.4) is 0 Å². The number of carbonyl (C=O) groups is 1. The van der Waals surface area contributed by atoms with Crippen LogP contribution in [0.4, 0.5) is 23.0 Å². The molecule has 10 nitrogen and oxygen atoms in total. The molecule has 4 rings (SSSR count). The van der Waals surface area contributed by atoms with Gasteiger partial charge >= 0.3 is 0 Å². The third-order valence-electron chi connectivity index (χ3n) is 4.95. The van der Waals surface area contributed by atoms with E-state index in [1.807, 2.05) is 18.2 Å². The monoisotopic (exact) mass is 440 g/mol. The van der Waals surface area contributed by atoms with Crippen LogP contribution in [0.2, 0.25) is 0 Å². The zero-order chi connectivity index (χ0) is 23.4. The van der Waals surface area contributed by atoms with Gasteiger partial charge in [0.15, 0.2) is 11.5 Å². The largest absolute Gasteiger partial charge is 0.506 e. The van der Waals surface area contributed by atoms with E-state index < -0.39 is 5.91 Å². The van der Waals surface area contributed by atoms with Crippen molar-refractivity contribution in [2.24, 2.45) is 0 Å². The van der Waals surface area contributed by atoms with Crippen molar-refractivity contribution < 1.29 is 9.90 Å². The number of carbonyl (C=O) groups excluding carboxylic acids is 1. The second-order valence-corrected chi connectivity index (χ2v) is 7.02. The zero-order valence-corrected chi connectivity index (χ0v) is 17.5. The average Bonchev–Trinajstić information content (AvgIpc) is 3.19. The van der Waals surface area contributed by atoms with Crippen molar-refractivity contribution >= 4 is 40.0 Å². The third-order valence-corrected chi connectivity index (χ3v) is 4.95. The molecule has 0 saturated carbocycles. The number of aromatic nitrogens is 4. The first-order valence-electron chi connectivity index (χ1n) is 9.95. The first-order valence-corrected chi connectivity index (χ1v) is 9.95. The fraction of sp³-hybridized carbons (Fsp3) is 0.0870. The number of amides is 1. The van der Waals surface area contributed by atoms with Crippen molar-refractivity contribution in [3.63, 3.8) is 0 Å². The van der Waals surface area contributed by atoms with Crippen LogP contribution < -0.4 is 16.0 Å². The summed E-state index contributed by atoms with van der Waals surface area (Å²) in [5, 5.41) is 18.2. The van der Waals surface area contributed by atoms with Gasteiger partial charge in [0.05, 0.1) is 18.8 Å². The summed E-state index contributed by atoms with van der Waals surface area (Å²) in [6.07, 6.45) is 1.33. The molecule has 0 unspecified atom stereocenters. The molecule has 2 aromatic heterocycles. The number of phenols is 1. The van der Waals surface area contributed by atoms with E-state index in [0.29, 0.717) is 28.2 Å². The van der Waals surface area contributed by atoms with E-state index in [1.165, 1.54) is 11.2 Å². The lowest BCUT2D eigenvalue weighted by Gasteiger charge is -2.22. The molecule has 0 aliphatic rings.